The van der Waals surface area contributed by atoms with E-state index in [9.17, 15) is 20.1 Å². The third kappa shape index (κ3) is 5.69. The zero-order chi connectivity index (χ0) is 28.6. The van der Waals surface area contributed by atoms with Gasteiger partial charge in [-0.3, -0.25) is 9.79 Å². The molecule has 2 fully saturated rings. The number of hydrogen-bond acceptors (Lipinski definition) is 9. The molecule has 10 nitrogen and oxygen atoms in total. The Morgan fingerprint density at radius 2 is 1.38 bits per heavy atom. The van der Waals surface area contributed by atoms with E-state index >= 15 is 0 Å². The number of carbonyl (C=O) groups is 1. The van der Waals surface area contributed by atoms with E-state index in [4.69, 9.17) is 4.99 Å². The molecule has 1 amide bonds. The van der Waals surface area contributed by atoms with Crippen molar-refractivity contribution < 1.29 is 20.1 Å². The molecule has 4 N–H and O–H groups in total. The summed E-state index contributed by atoms with van der Waals surface area (Å²) in [5.41, 5.74) is 1.27. The predicted octanol–water partition coefficient (Wildman–Crippen LogP) is 3.79. The standard InChI is InChI=1S/C30H40N6O4/c1-35(2)19-9-5-17(6-10-19)31-16-22-24(38)15-25(39)29-27(22)34-28-23(37)14-13-21(26(28)33-29)30(40)32-18-7-11-20(12-8-18)36(3)4/h13-20,37-39H,5-12H2,1-4H3,(H,32,40)/b31-16+. The lowest BCUT2D eigenvalue weighted by Crippen LogP contribution is -2.41. The Labute approximate surface area is 234 Å². The van der Waals surface area contributed by atoms with Gasteiger partial charge in [0.05, 0.1) is 17.2 Å². The highest BCUT2D eigenvalue weighted by atomic mass is 16.3. The van der Waals surface area contributed by atoms with Crippen molar-refractivity contribution in [3.05, 3.63) is 29.3 Å². The first kappa shape index (κ1) is 28.0. The summed E-state index contributed by atoms with van der Waals surface area (Å²) in [4.78, 5) is 31.7. The summed E-state index contributed by atoms with van der Waals surface area (Å²) in [5.74, 6) is -0.867. The molecule has 1 heterocycles. The fourth-order valence-electron chi connectivity index (χ4n) is 6.10. The maximum absolute atomic E-state index is 13.3. The number of aromatic nitrogens is 2. The zero-order valence-corrected chi connectivity index (χ0v) is 23.8. The van der Waals surface area contributed by atoms with E-state index in [0.717, 1.165) is 51.4 Å². The Morgan fingerprint density at radius 1 is 0.800 bits per heavy atom. The lowest BCUT2D eigenvalue weighted by molar-refractivity contribution is 0.0917. The molecular weight excluding hydrogens is 508 g/mol. The molecular formula is C30H40N6O4. The minimum atomic E-state index is -0.291. The van der Waals surface area contributed by atoms with E-state index < -0.39 is 0 Å². The number of phenols is 3. The van der Waals surface area contributed by atoms with Gasteiger partial charge in [-0.15, -0.1) is 0 Å². The number of hydrogen-bond donors (Lipinski definition) is 4. The van der Waals surface area contributed by atoms with E-state index in [0.29, 0.717) is 17.6 Å². The van der Waals surface area contributed by atoms with Crippen LogP contribution < -0.4 is 5.32 Å². The van der Waals surface area contributed by atoms with Gasteiger partial charge < -0.3 is 30.4 Å². The summed E-state index contributed by atoms with van der Waals surface area (Å²) in [6, 6.07) is 5.44. The molecule has 2 saturated carbocycles. The van der Waals surface area contributed by atoms with Gasteiger partial charge in [0.25, 0.3) is 5.91 Å². The Hall–Kier alpha value is -3.50. The van der Waals surface area contributed by atoms with Gasteiger partial charge in [-0.1, -0.05) is 0 Å². The van der Waals surface area contributed by atoms with E-state index in [1.54, 1.807) is 6.21 Å². The smallest absolute Gasteiger partial charge is 0.253 e. The summed E-state index contributed by atoms with van der Waals surface area (Å²) in [6.07, 6.45) is 9.39. The molecule has 40 heavy (non-hydrogen) atoms. The number of nitrogens with one attached hydrogen (secondary N) is 1. The topological polar surface area (TPSA) is 134 Å². The van der Waals surface area contributed by atoms with Crippen LogP contribution in [0, 0.1) is 0 Å². The molecule has 3 aromatic rings. The first-order chi connectivity index (χ1) is 19.1. The Kier molecular flexibility index (Phi) is 8.09. The van der Waals surface area contributed by atoms with E-state index in [1.807, 2.05) is 0 Å². The van der Waals surface area contributed by atoms with E-state index in [2.05, 4.69) is 53.3 Å². The number of fused-ring (bicyclic) bond motifs is 2. The Morgan fingerprint density at radius 3 is 2.00 bits per heavy atom. The molecule has 0 unspecified atom stereocenters. The van der Waals surface area contributed by atoms with Crippen LogP contribution in [-0.2, 0) is 0 Å². The highest BCUT2D eigenvalue weighted by molar-refractivity contribution is 6.10. The molecule has 1 aromatic heterocycles. The first-order valence-electron chi connectivity index (χ1n) is 14.2. The van der Waals surface area contributed by atoms with Crippen molar-refractivity contribution >= 4 is 34.2 Å². The van der Waals surface area contributed by atoms with Crippen LogP contribution >= 0.6 is 0 Å². The minimum Gasteiger partial charge on any atom is -0.507 e. The van der Waals surface area contributed by atoms with Crippen LogP contribution in [0.25, 0.3) is 22.1 Å². The zero-order valence-electron chi connectivity index (χ0n) is 23.8. The van der Waals surface area contributed by atoms with Crippen LogP contribution in [0.2, 0.25) is 0 Å². The predicted molar refractivity (Wildman–Crippen MR) is 157 cm³/mol. The van der Waals surface area contributed by atoms with Gasteiger partial charge in [-0.25, -0.2) is 9.97 Å². The van der Waals surface area contributed by atoms with Crippen molar-refractivity contribution in [1.82, 2.24) is 25.1 Å². The van der Waals surface area contributed by atoms with Crippen molar-refractivity contribution in [1.29, 1.82) is 0 Å². The van der Waals surface area contributed by atoms with Crippen molar-refractivity contribution in [2.75, 3.05) is 28.2 Å². The maximum Gasteiger partial charge on any atom is 0.253 e. The molecule has 0 atom stereocenters. The summed E-state index contributed by atoms with van der Waals surface area (Å²) in [6.45, 7) is 0. The maximum atomic E-state index is 13.3. The quantitative estimate of drug-likeness (QED) is 0.270. The summed E-state index contributed by atoms with van der Waals surface area (Å²) in [5, 5.41) is 35.2. The number of rotatable bonds is 6. The minimum absolute atomic E-state index is 0.0573. The van der Waals surface area contributed by atoms with Crippen molar-refractivity contribution in [3.63, 3.8) is 0 Å². The second-order valence-corrected chi connectivity index (χ2v) is 11.7. The summed E-state index contributed by atoms with van der Waals surface area (Å²) < 4.78 is 0. The average Bonchev–Trinajstić information content (AvgIpc) is 2.93. The van der Waals surface area contributed by atoms with E-state index in [-0.39, 0.29) is 62.9 Å². The molecule has 0 radical (unpaired) electrons. The number of benzene rings is 2. The number of carbonyl (C=O) groups excluding carboxylic acids is 1. The van der Waals surface area contributed by atoms with Crippen LogP contribution in [0.15, 0.2) is 23.2 Å². The molecule has 2 aliphatic rings. The molecule has 2 aromatic carbocycles. The number of nitrogens with zero attached hydrogens (tertiary/aromatic N) is 5. The van der Waals surface area contributed by atoms with Gasteiger partial charge in [0, 0.05) is 30.4 Å². The first-order valence-corrected chi connectivity index (χ1v) is 14.2. The highest BCUT2D eigenvalue weighted by Crippen LogP contribution is 2.36. The lowest BCUT2D eigenvalue weighted by atomic mass is 9.90. The molecule has 0 spiro atoms. The SMILES string of the molecule is CN(C)C1CCC(/N=C/c2c(O)cc(O)c3nc4c(C(=O)NC5CCC(N(C)C)CC5)ccc(O)c4nc23)CC1. The van der Waals surface area contributed by atoms with Gasteiger partial charge in [-0.05, 0) is 91.7 Å². The number of phenolic OH excluding ortho intramolecular Hbond substituents is 3. The van der Waals surface area contributed by atoms with Gasteiger partial charge in [0.15, 0.2) is 0 Å². The fraction of sp³-hybridized carbons (Fsp3) is 0.533. The van der Waals surface area contributed by atoms with E-state index in [1.165, 1.54) is 18.2 Å². The third-order valence-corrected chi connectivity index (χ3v) is 8.67. The molecule has 10 heteroatoms. The van der Waals surface area contributed by atoms with Gasteiger partial charge >= 0.3 is 0 Å². The second kappa shape index (κ2) is 11.5. The number of amides is 1. The van der Waals surface area contributed by atoms with Gasteiger partial charge in [0.1, 0.15) is 39.3 Å². The molecule has 0 saturated heterocycles. The van der Waals surface area contributed by atoms with Crippen molar-refractivity contribution in [2.24, 2.45) is 4.99 Å². The molecule has 2 aliphatic carbocycles. The third-order valence-electron chi connectivity index (χ3n) is 8.67. The number of aromatic hydroxyl groups is 3. The van der Waals surface area contributed by atoms with Crippen LogP contribution in [0.5, 0.6) is 17.2 Å². The molecule has 214 valence electrons. The lowest BCUT2D eigenvalue weighted by Gasteiger charge is -2.33. The van der Waals surface area contributed by atoms with Gasteiger partial charge in [-0.2, -0.15) is 0 Å². The molecule has 0 aliphatic heterocycles. The summed E-state index contributed by atoms with van der Waals surface area (Å²) in [7, 11) is 8.35. The van der Waals surface area contributed by atoms with Crippen LogP contribution in [0.3, 0.4) is 0 Å². The largest absolute Gasteiger partial charge is 0.507 e. The molecule has 5 rings (SSSR count). The van der Waals surface area contributed by atoms with Crippen LogP contribution in [0.4, 0.5) is 0 Å². The van der Waals surface area contributed by atoms with Crippen LogP contribution in [-0.4, -0.2) is 99.6 Å². The normalized spacial score (nSPS) is 23.9. The van der Waals surface area contributed by atoms with Crippen molar-refractivity contribution in [3.8, 4) is 17.2 Å². The van der Waals surface area contributed by atoms with Crippen LogP contribution in [0.1, 0.15) is 67.3 Å². The fourth-order valence-corrected chi connectivity index (χ4v) is 6.10. The second-order valence-electron chi connectivity index (χ2n) is 11.7. The summed E-state index contributed by atoms with van der Waals surface area (Å²) >= 11 is 0. The Bertz CT molecular complexity index is 1420. The molecule has 0 bridgehead atoms. The van der Waals surface area contributed by atoms with Crippen molar-refractivity contribution in [2.45, 2.75) is 75.5 Å². The average molecular weight is 549 g/mol. The van der Waals surface area contributed by atoms with Gasteiger partial charge in [0.2, 0.25) is 0 Å². The Balaban J connectivity index is 1.45. The number of aliphatic imine (C=N–C) groups is 1. The monoisotopic (exact) mass is 548 g/mol. The highest BCUT2D eigenvalue weighted by Gasteiger charge is 2.26.